The molecule has 8 nitrogen and oxygen atoms in total. The lowest BCUT2D eigenvalue weighted by molar-refractivity contribution is 0.0600. The lowest BCUT2D eigenvalue weighted by Crippen LogP contribution is -2.13. The maximum absolute atomic E-state index is 12.6. The maximum Gasteiger partial charge on any atom is 0.337 e. The van der Waals surface area contributed by atoms with E-state index in [4.69, 9.17) is 8.83 Å². The maximum atomic E-state index is 12.6. The van der Waals surface area contributed by atoms with Crippen LogP contribution in [0.3, 0.4) is 0 Å². The van der Waals surface area contributed by atoms with Crippen molar-refractivity contribution in [3.63, 3.8) is 0 Å². The number of nitrogens with zero attached hydrogens (tertiary/aromatic N) is 2. The Bertz CT molecular complexity index is 1160. The molecule has 4 aromatic rings. The minimum Gasteiger partial charge on any atom is -0.465 e. The van der Waals surface area contributed by atoms with Crippen LogP contribution >= 0.6 is 0 Å². The number of furan rings is 1. The third-order valence-electron chi connectivity index (χ3n) is 4.07. The third kappa shape index (κ3) is 3.91. The van der Waals surface area contributed by atoms with Crippen LogP contribution in [-0.4, -0.2) is 29.2 Å². The van der Waals surface area contributed by atoms with E-state index < -0.39 is 5.97 Å². The van der Waals surface area contributed by atoms with Crippen molar-refractivity contribution in [2.45, 2.75) is 0 Å². The minimum absolute atomic E-state index is 0.263. The van der Waals surface area contributed by atoms with Crippen molar-refractivity contribution in [2.75, 3.05) is 12.4 Å². The summed E-state index contributed by atoms with van der Waals surface area (Å²) in [6.07, 6.45) is 1.52. The highest BCUT2D eigenvalue weighted by molar-refractivity contribution is 6.05. The Morgan fingerprint density at radius 1 is 0.931 bits per heavy atom. The van der Waals surface area contributed by atoms with Crippen LogP contribution < -0.4 is 5.32 Å². The first-order valence-electron chi connectivity index (χ1n) is 8.61. The molecule has 8 heteroatoms. The number of aromatic nitrogens is 2. The molecular weight excluding hydrogens is 374 g/mol. The first-order valence-corrected chi connectivity index (χ1v) is 8.61. The number of hydrogen-bond acceptors (Lipinski definition) is 7. The molecule has 0 aliphatic carbocycles. The van der Waals surface area contributed by atoms with E-state index in [1.165, 1.54) is 19.4 Å². The molecule has 0 unspecified atom stereocenters. The minimum atomic E-state index is -0.509. The second-order valence-corrected chi connectivity index (χ2v) is 6.00. The fourth-order valence-corrected chi connectivity index (χ4v) is 2.68. The van der Waals surface area contributed by atoms with Gasteiger partial charge in [-0.3, -0.25) is 4.79 Å². The Labute approximate surface area is 165 Å². The van der Waals surface area contributed by atoms with Crippen molar-refractivity contribution in [3.8, 4) is 23.1 Å². The fraction of sp³-hybridized carbons (Fsp3) is 0.0476. The quantitative estimate of drug-likeness (QED) is 0.513. The molecule has 0 saturated heterocycles. The van der Waals surface area contributed by atoms with E-state index in [1.54, 1.807) is 54.6 Å². The molecule has 144 valence electrons. The molecule has 0 spiro atoms. The topological polar surface area (TPSA) is 107 Å². The van der Waals surface area contributed by atoms with Gasteiger partial charge in [-0.1, -0.05) is 12.1 Å². The van der Waals surface area contributed by atoms with Crippen LogP contribution in [0.5, 0.6) is 0 Å². The average Bonchev–Trinajstić information content (AvgIpc) is 3.45. The predicted octanol–water partition coefficient (Wildman–Crippen LogP) is 4.04. The Morgan fingerprint density at radius 2 is 1.72 bits per heavy atom. The normalized spacial score (nSPS) is 10.5. The molecule has 0 aliphatic heterocycles. The monoisotopic (exact) mass is 389 g/mol. The van der Waals surface area contributed by atoms with Gasteiger partial charge in [-0.05, 0) is 48.5 Å². The van der Waals surface area contributed by atoms with Crippen LogP contribution in [0, 0.1) is 0 Å². The third-order valence-corrected chi connectivity index (χ3v) is 4.07. The molecule has 0 aliphatic rings. The highest BCUT2D eigenvalue weighted by Gasteiger charge is 2.14. The summed E-state index contributed by atoms with van der Waals surface area (Å²) in [7, 11) is 1.29. The van der Waals surface area contributed by atoms with Crippen LogP contribution in [0.4, 0.5) is 5.69 Å². The number of carbonyl (C=O) groups is 2. The molecule has 0 atom stereocenters. The summed E-state index contributed by atoms with van der Waals surface area (Å²) in [5.41, 5.74) is 1.80. The number of rotatable bonds is 5. The van der Waals surface area contributed by atoms with E-state index in [9.17, 15) is 9.59 Å². The first kappa shape index (κ1) is 18.2. The summed E-state index contributed by atoms with van der Waals surface area (Å²) in [5, 5.41) is 10.8. The van der Waals surface area contributed by atoms with Gasteiger partial charge in [0.05, 0.1) is 18.9 Å². The Kier molecular flexibility index (Phi) is 4.90. The second kappa shape index (κ2) is 7.81. The number of carbonyl (C=O) groups excluding carboxylic acids is 2. The fourth-order valence-electron chi connectivity index (χ4n) is 2.68. The lowest BCUT2D eigenvalue weighted by Gasteiger charge is -2.07. The molecule has 2 aromatic carbocycles. The molecule has 0 bridgehead atoms. The molecule has 2 aromatic heterocycles. The molecule has 0 saturated carbocycles. The number of esters is 1. The number of hydrogen-bond donors (Lipinski definition) is 1. The molecule has 1 amide bonds. The van der Waals surface area contributed by atoms with E-state index in [1.807, 2.05) is 0 Å². The number of benzene rings is 2. The standard InChI is InChI=1S/C21H15N3O5/c1-27-21(26)15-7-2-5-13(11-15)18(25)22-16-8-3-6-14(12-16)19-23-24-20(29-19)17-9-4-10-28-17/h2-12H,1H3,(H,22,25). The summed E-state index contributed by atoms with van der Waals surface area (Å²) >= 11 is 0. The highest BCUT2D eigenvalue weighted by atomic mass is 16.5. The smallest absolute Gasteiger partial charge is 0.337 e. The van der Waals surface area contributed by atoms with Gasteiger partial charge in [0.25, 0.3) is 11.8 Å². The van der Waals surface area contributed by atoms with E-state index in [0.29, 0.717) is 34.0 Å². The van der Waals surface area contributed by atoms with Crippen molar-refractivity contribution in [1.29, 1.82) is 0 Å². The highest BCUT2D eigenvalue weighted by Crippen LogP contribution is 2.26. The average molecular weight is 389 g/mol. The Hall–Kier alpha value is -4.20. The Morgan fingerprint density at radius 3 is 2.52 bits per heavy atom. The van der Waals surface area contributed by atoms with E-state index >= 15 is 0 Å². The zero-order valence-electron chi connectivity index (χ0n) is 15.3. The predicted molar refractivity (Wildman–Crippen MR) is 103 cm³/mol. The molecule has 29 heavy (non-hydrogen) atoms. The van der Waals surface area contributed by atoms with Gasteiger partial charge < -0.3 is 18.9 Å². The summed E-state index contributed by atoms with van der Waals surface area (Å²) in [6, 6.07) is 16.7. The van der Waals surface area contributed by atoms with Crippen LogP contribution in [0.25, 0.3) is 23.1 Å². The number of nitrogens with one attached hydrogen (secondary N) is 1. The van der Waals surface area contributed by atoms with Crippen LogP contribution in [0.1, 0.15) is 20.7 Å². The van der Waals surface area contributed by atoms with Crippen LogP contribution in [-0.2, 0) is 4.74 Å². The van der Waals surface area contributed by atoms with Gasteiger partial charge in [-0.15, -0.1) is 10.2 Å². The summed E-state index contributed by atoms with van der Waals surface area (Å²) < 4.78 is 15.6. The van der Waals surface area contributed by atoms with Gasteiger partial charge in [0.15, 0.2) is 5.76 Å². The van der Waals surface area contributed by atoms with Gasteiger partial charge in [0.2, 0.25) is 5.89 Å². The summed E-state index contributed by atoms with van der Waals surface area (Å²) in [4.78, 5) is 24.2. The van der Waals surface area contributed by atoms with Crippen molar-refractivity contribution in [2.24, 2.45) is 0 Å². The SMILES string of the molecule is COC(=O)c1cccc(C(=O)Nc2cccc(-c3nnc(-c4ccco4)o3)c2)c1. The Balaban J connectivity index is 1.54. The zero-order chi connectivity index (χ0) is 20.2. The van der Waals surface area contributed by atoms with E-state index in [0.717, 1.165) is 0 Å². The number of ether oxygens (including phenoxy) is 1. The molecule has 0 fully saturated rings. The molecule has 1 N–H and O–H groups in total. The molecular formula is C21H15N3O5. The van der Waals surface area contributed by atoms with Crippen molar-refractivity contribution < 1.29 is 23.2 Å². The lowest BCUT2D eigenvalue weighted by atomic mass is 10.1. The van der Waals surface area contributed by atoms with Gasteiger partial charge >= 0.3 is 5.97 Å². The van der Waals surface area contributed by atoms with Crippen molar-refractivity contribution >= 4 is 17.6 Å². The number of methoxy groups -OCH3 is 1. The van der Waals surface area contributed by atoms with Crippen molar-refractivity contribution in [3.05, 3.63) is 78.1 Å². The van der Waals surface area contributed by atoms with E-state index in [-0.39, 0.29) is 11.8 Å². The van der Waals surface area contributed by atoms with Crippen LogP contribution in [0.2, 0.25) is 0 Å². The molecule has 4 rings (SSSR count). The van der Waals surface area contributed by atoms with Gasteiger partial charge in [-0.25, -0.2) is 4.79 Å². The number of anilines is 1. The summed E-state index contributed by atoms with van der Waals surface area (Å²) in [5.74, 6) is 0.151. The zero-order valence-corrected chi connectivity index (χ0v) is 15.3. The largest absolute Gasteiger partial charge is 0.465 e. The van der Waals surface area contributed by atoms with Gasteiger partial charge in [-0.2, -0.15) is 0 Å². The molecule has 0 radical (unpaired) electrons. The van der Waals surface area contributed by atoms with Gasteiger partial charge in [0.1, 0.15) is 0 Å². The first-order chi connectivity index (χ1) is 14.1. The van der Waals surface area contributed by atoms with E-state index in [2.05, 4.69) is 20.3 Å². The second-order valence-electron chi connectivity index (χ2n) is 6.00. The number of amides is 1. The molecule has 2 heterocycles. The summed E-state index contributed by atoms with van der Waals surface area (Å²) in [6.45, 7) is 0. The van der Waals surface area contributed by atoms with Gasteiger partial charge in [0, 0.05) is 16.8 Å². The van der Waals surface area contributed by atoms with Crippen molar-refractivity contribution in [1.82, 2.24) is 10.2 Å². The van der Waals surface area contributed by atoms with Crippen LogP contribution in [0.15, 0.2) is 75.8 Å².